The van der Waals surface area contributed by atoms with Gasteiger partial charge in [0.15, 0.2) is 0 Å². The molecule has 1 atom stereocenters. The molecule has 2 amide bonds. The minimum atomic E-state index is -3.75. The van der Waals surface area contributed by atoms with E-state index >= 15 is 0 Å². The maximum Gasteiger partial charge on any atom is 0.242 e. The van der Waals surface area contributed by atoms with E-state index in [1.165, 1.54) is 24.6 Å². The molecule has 2 aromatic rings. The molecule has 0 spiro atoms. The first kappa shape index (κ1) is 27.6. The molecular formula is C27H36FN3O4S. The molecule has 1 aliphatic rings. The van der Waals surface area contributed by atoms with E-state index in [-0.39, 0.29) is 49.5 Å². The number of halogens is 1. The zero-order valence-corrected chi connectivity index (χ0v) is 21.8. The number of sulfonamides is 1. The van der Waals surface area contributed by atoms with Crippen LogP contribution in [-0.2, 0) is 26.2 Å². The first-order valence-corrected chi connectivity index (χ1v) is 14.4. The summed E-state index contributed by atoms with van der Waals surface area (Å²) in [6.45, 7) is 1.94. The minimum absolute atomic E-state index is 0.0222. The van der Waals surface area contributed by atoms with Crippen LogP contribution >= 0.6 is 0 Å². The van der Waals surface area contributed by atoms with E-state index in [0.717, 1.165) is 41.8 Å². The number of anilines is 1. The minimum Gasteiger partial charge on any atom is -0.352 e. The van der Waals surface area contributed by atoms with Crippen LogP contribution in [0.2, 0.25) is 0 Å². The van der Waals surface area contributed by atoms with Gasteiger partial charge in [0, 0.05) is 25.6 Å². The zero-order valence-electron chi connectivity index (χ0n) is 21.0. The highest BCUT2D eigenvalue weighted by Crippen LogP contribution is 2.23. The zero-order chi connectivity index (χ0) is 26.1. The fourth-order valence-electron chi connectivity index (χ4n) is 4.57. The van der Waals surface area contributed by atoms with Crippen LogP contribution in [0.4, 0.5) is 10.1 Å². The lowest BCUT2D eigenvalue weighted by Gasteiger charge is -2.31. The maximum absolute atomic E-state index is 14.3. The number of benzene rings is 2. The van der Waals surface area contributed by atoms with Crippen molar-refractivity contribution in [3.63, 3.8) is 0 Å². The van der Waals surface area contributed by atoms with Crippen molar-refractivity contribution >= 4 is 27.5 Å². The molecule has 1 aliphatic carbocycles. The first-order chi connectivity index (χ1) is 17.2. The van der Waals surface area contributed by atoms with Crippen LogP contribution in [0.5, 0.6) is 0 Å². The molecule has 0 heterocycles. The Hall–Kier alpha value is -2.94. The Kier molecular flexibility index (Phi) is 9.87. The lowest BCUT2D eigenvalue weighted by molar-refractivity contribution is -0.141. The molecule has 9 heteroatoms. The molecule has 0 bridgehead atoms. The smallest absolute Gasteiger partial charge is 0.242 e. The number of carbonyl (C=O) groups is 2. The Balaban J connectivity index is 1.70. The van der Waals surface area contributed by atoms with E-state index < -0.39 is 21.9 Å². The van der Waals surface area contributed by atoms with Crippen molar-refractivity contribution in [2.24, 2.45) is 0 Å². The number of hydrogen-bond acceptors (Lipinski definition) is 4. The largest absolute Gasteiger partial charge is 0.352 e. The Morgan fingerprint density at radius 3 is 2.31 bits per heavy atom. The van der Waals surface area contributed by atoms with Gasteiger partial charge in [-0.15, -0.1) is 0 Å². The second-order valence-electron chi connectivity index (χ2n) is 9.42. The molecule has 0 aliphatic heterocycles. The van der Waals surface area contributed by atoms with Crippen molar-refractivity contribution in [1.29, 1.82) is 0 Å². The molecule has 1 fully saturated rings. The van der Waals surface area contributed by atoms with Crippen LogP contribution in [0.3, 0.4) is 0 Å². The van der Waals surface area contributed by atoms with E-state index in [1.807, 2.05) is 30.3 Å². The van der Waals surface area contributed by atoms with Crippen molar-refractivity contribution in [2.45, 2.75) is 70.5 Å². The van der Waals surface area contributed by atoms with Crippen molar-refractivity contribution in [1.82, 2.24) is 10.2 Å². The lowest BCUT2D eigenvalue weighted by atomic mass is 9.95. The predicted octanol–water partition coefficient (Wildman–Crippen LogP) is 4.24. The second kappa shape index (κ2) is 12.9. The predicted molar refractivity (Wildman–Crippen MR) is 139 cm³/mol. The number of amides is 2. The average Bonchev–Trinajstić information content (AvgIpc) is 2.86. The van der Waals surface area contributed by atoms with E-state index in [2.05, 4.69) is 5.32 Å². The summed E-state index contributed by atoms with van der Waals surface area (Å²) in [7, 11) is -3.75. The highest BCUT2D eigenvalue weighted by atomic mass is 32.2. The normalized spacial score (nSPS) is 15.2. The van der Waals surface area contributed by atoms with Gasteiger partial charge in [-0.2, -0.15) is 0 Å². The topological polar surface area (TPSA) is 86.8 Å². The van der Waals surface area contributed by atoms with Gasteiger partial charge >= 0.3 is 0 Å². The molecule has 0 saturated heterocycles. The van der Waals surface area contributed by atoms with Gasteiger partial charge < -0.3 is 10.2 Å². The molecule has 196 valence electrons. The van der Waals surface area contributed by atoms with Crippen molar-refractivity contribution in [2.75, 3.05) is 17.1 Å². The number of nitrogens with one attached hydrogen (secondary N) is 1. The van der Waals surface area contributed by atoms with Crippen LogP contribution in [0.1, 0.15) is 57.4 Å². The highest BCUT2D eigenvalue weighted by molar-refractivity contribution is 7.92. The van der Waals surface area contributed by atoms with E-state index in [1.54, 1.807) is 17.9 Å². The van der Waals surface area contributed by atoms with Crippen LogP contribution in [-0.4, -0.2) is 50.0 Å². The molecule has 0 aromatic heterocycles. The lowest BCUT2D eigenvalue weighted by Crippen LogP contribution is -2.50. The highest BCUT2D eigenvalue weighted by Gasteiger charge is 2.28. The van der Waals surface area contributed by atoms with Crippen molar-refractivity contribution < 1.29 is 22.4 Å². The standard InChI is InChI=1S/C27H36FN3O4S/c1-21(27(33)29-23-14-7-4-8-15-23)30(20-22-12-5-3-6-13-22)26(32)18-11-19-31(36(2,34)35)25-17-10-9-16-24(25)28/h3,5-6,9-10,12-13,16-17,21,23H,4,7-8,11,14-15,18-20H2,1-2H3,(H,29,33). The third kappa shape index (κ3) is 7.78. The van der Waals surface area contributed by atoms with Gasteiger partial charge in [-0.3, -0.25) is 13.9 Å². The number of rotatable bonds is 11. The molecule has 36 heavy (non-hydrogen) atoms. The first-order valence-electron chi connectivity index (χ1n) is 12.5. The SMILES string of the molecule is CC(C(=O)NC1CCCCC1)N(Cc1ccccc1)C(=O)CCCN(c1ccccc1F)S(C)(=O)=O. The summed E-state index contributed by atoms with van der Waals surface area (Å²) in [5.74, 6) is -1.09. The molecule has 3 rings (SSSR count). The Morgan fingerprint density at radius 1 is 1.03 bits per heavy atom. The molecule has 0 radical (unpaired) electrons. The second-order valence-corrected chi connectivity index (χ2v) is 11.3. The third-order valence-corrected chi connectivity index (χ3v) is 7.77. The fraction of sp³-hybridized carbons (Fsp3) is 0.481. The molecule has 2 aromatic carbocycles. The van der Waals surface area contributed by atoms with Crippen molar-refractivity contribution in [3.8, 4) is 0 Å². The number of para-hydroxylation sites is 1. The van der Waals surface area contributed by atoms with E-state index in [9.17, 15) is 22.4 Å². The number of nitrogens with zero attached hydrogens (tertiary/aromatic N) is 2. The summed E-state index contributed by atoms with van der Waals surface area (Å²) in [6, 6.07) is 14.5. The van der Waals surface area contributed by atoms with Gasteiger partial charge in [-0.25, -0.2) is 12.8 Å². The summed E-state index contributed by atoms with van der Waals surface area (Å²) in [5.41, 5.74) is 0.848. The number of hydrogen-bond donors (Lipinski definition) is 1. The van der Waals surface area contributed by atoms with Crippen LogP contribution in [0.15, 0.2) is 54.6 Å². The van der Waals surface area contributed by atoms with Gasteiger partial charge in [0.2, 0.25) is 21.8 Å². The van der Waals surface area contributed by atoms with Crippen LogP contribution < -0.4 is 9.62 Å². The fourth-order valence-corrected chi connectivity index (χ4v) is 5.53. The van der Waals surface area contributed by atoms with Crippen molar-refractivity contribution in [3.05, 3.63) is 66.0 Å². The summed E-state index contributed by atoms with van der Waals surface area (Å²) < 4.78 is 39.9. The van der Waals surface area contributed by atoms with Gasteiger partial charge in [-0.1, -0.05) is 61.7 Å². The molecule has 1 unspecified atom stereocenters. The molecular weight excluding hydrogens is 481 g/mol. The molecule has 1 saturated carbocycles. The Bertz CT molecular complexity index is 1120. The van der Waals surface area contributed by atoms with Gasteiger partial charge in [0.05, 0.1) is 11.9 Å². The Morgan fingerprint density at radius 2 is 1.67 bits per heavy atom. The summed E-state index contributed by atoms with van der Waals surface area (Å²) >= 11 is 0. The summed E-state index contributed by atoms with van der Waals surface area (Å²) in [4.78, 5) is 27.9. The van der Waals surface area contributed by atoms with Gasteiger partial charge in [-0.05, 0) is 43.9 Å². The molecule has 1 N–H and O–H groups in total. The third-order valence-electron chi connectivity index (χ3n) is 6.59. The van der Waals surface area contributed by atoms with E-state index in [0.29, 0.717) is 0 Å². The quantitative estimate of drug-likeness (QED) is 0.483. The maximum atomic E-state index is 14.3. The van der Waals surface area contributed by atoms with E-state index in [4.69, 9.17) is 0 Å². The van der Waals surface area contributed by atoms with Crippen LogP contribution in [0.25, 0.3) is 0 Å². The van der Waals surface area contributed by atoms with Crippen LogP contribution in [0, 0.1) is 5.82 Å². The van der Waals surface area contributed by atoms with Gasteiger partial charge in [0.25, 0.3) is 0 Å². The van der Waals surface area contributed by atoms with Gasteiger partial charge in [0.1, 0.15) is 11.9 Å². The monoisotopic (exact) mass is 517 g/mol. The molecule has 7 nitrogen and oxygen atoms in total. The average molecular weight is 518 g/mol. The number of carbonyl (C=O) groups excluding carboxylic acids is 2. The summed E-state index contributed by atoms with van der Waals surface area (Å²) in [6.07, 6.45) is 6.47. The summed E-state index contributed by atoms with van der Waals surface area (Å²) in [5, 5.41) is 3.10. The Labute approximate surface area is 213 Å².